The van der Waals surface area contributed by atoms with Crippen LogP contribution in [0.4, 0.5) is 0 Å². The van der Waals surface area contributed by atoms with E-state index < -0.39 is 8.32 Å². The maximum absolute atomic E-state index is 6.72. The molecule has 2 aromatic rings. The number of hydrogen-bond acceptors (Lipinski definition) is 1. The molecule has 0 saturated carbocycles. The zero-order chi connectivity index (χ0) is 16.1. The van der Waals surface area contributed by atoms with Crippen molar-refractivity contribution in [1.82, 2.24) is 0 Å². The average Bonchev–Trinajstić information content (AvgIpc) is 2.52. The van der Waals surface area contributed by atoms with Crippen LogP contribution in [-0.2, 0) is 4.43 Å². The number of rotatable bonds is 6. The minimum Gasteiger partial charge on any atom is -0.407 e. The van der Waals surface area contributed by atoms with Crippen molar-refractivity contribution in [3.05, 3.63) is 60.7 Å². The first-order chi connectivity index (χ1) is 10.5. The Bertz CT molecular complexity index is 523. The Balaban J connectivity index is 2.59. The molecule has 0 aromatic heterocycles. The van der Waals surface area contributed by atoms with E-state index in [1.165, 1.54) is 10.4 Å². The molecule has 0 aliphatic carbocycles. The van der Waals surface area contributed by atoms with Crippen molar-refractivity contribution < 1.29 is 4.43 Å². The third kappa shape index (κ3) is 3.53. The second kappa shape index (κ2) is 7.58. The summed E-state index contributed by atoms with van der Waals surface area (Å²) in [5.74, 6) is 0. The summed E-state index contributed by atoms with van der Waals surface area (Å²) >= 11 is 3.52. The van der Waals surface area contributed by atoms with E-state index in [1.54, 1.807) is 0 Å². The minimum atomic E-state index is -2.31. The van der Waals surface area contributed by atoms with Gasteiger partial charge in [0.05, 0.1) is 0 Å². The molecule has 0 bridgehead atoms. The second-order valence-electron chi connectivity index (χ2n) is 6.55. The third-order valence-corrected chi connectivity index (χ3v) is 9.62. The van der Waals surface area contributed by atoms with Crippen molar-refractivity contribution in [2.45, 2.75) is 32.2 Å². The lowest BCUT2D eigenvalue weighted by atomic mass is 10.2. The highest BCUT2D eigenvalue weighted by molar-refractivity contribution is 9.09. The molecule has 0 saturated heterocycles. The van der Waals surface area contributed by atoms with Crippen molar-refractivity contribution in [2.75, 3.05) is 11.9 Å². The van der Waals surface area contributed by atoms with Crippen LogP contribution < -0.4 is 10.4 Å². The van der Waals surface area contributed by atoms with Crippen LogP contribution in [0.1, 0.15) is 27.2 Å². The first-order valence-electron chi connectivity index (χ1n) is 7.83. The van der Waals surface area contributed by atoms with E-state index in [-0.39, 0.29) is 5.04 Å². The Labute approximate surface area is 144 Å². The van der Waals surface area contributed by atoms with E-state index in [2.05, 4.69) is 97.4 Å². The molecule has 0 fully saturated rings. The van der Waals surface area contributed by atoms with Crippen molar-refractivity contribution in [3.63, 3.8) is 0 Å². The Morgan fingerprint density at radius 2 is 1.32 bits per heavy atom. The maximum Gasteiger partial charge on any atom is 0.261 e. The summed E-state index contributed by atoms with van der Waals surface area (Å²) in [4.78, 5) is 0. The zero-order valence-corrected chi connectivity index (χ0v) is 16.3. The molecule has 0 unspecified atom stereocenters. The Morgan fingerprint density at radius 1 is 0.864 bits per heavy atom. The van der Waals surface area contributed by atoms with Gasteiger partial charge in [-0.15, -0.1) is 0 Å². The summed E-state index contributed by atoms with van der Waals surface area (Å²) in [7, 11) is -2.31. The summed E-state index contributed by atoms with van der Waals surface area (Å²) in [6, 6.07) is 21.6. The van der Waals surface area contributed by atoms with Gasteiger partial charge in [-0.3, -0.25) is 0 Å². The van der Waals surface area contributed by atoms with Gasteiger partial charge in [0.2, 0.25) is 0 Å². The normalized spacial score (nSPS) is 12.4. The van der Waals surface area contributed by atoms with Gasteiger partial charge >= 0.3 is 0 Å². The van der Waals surface area contributed by atoms with Crippen molar-refractivity contribution in [2.24, 2.45) is 0 Å². The zero-order valence-electron chi connectivity index (χ0n) is 13.7. The fourth-order valence-corrected chi connectivity index (χ4v) is 7.88. The van der Waals surface area contributed by atoms with Crippen LogP contribution in [-0.4, -0.2) is 20.3 Å². The van der Waals surface area contributed by atoms with E-state index in [1.807, 2.05) is 0 Å². The molecule has 0 aliphatic rings. The summed E-state index contributed by atoms with van der Waals surface area (Å²) in [6.45, 7) is 7.73. The van der Waals surface area contributed by atoms with E-state index in [0.717, 1.165) is 18.4 Å². The van der Waals surface area contributed by atoms with Crippen LogP contribution in [0.3, 0.4) is 0 Å². The van der Waals surface area contributed by atoms with Gasteiger partial charge in [-0.05, 0) is 21.8 Å². The van der Waals surface area contributed by atoms with Gasteiger partial charge in [0, 0.05) is 11.9 Å². The molecule has 0 spiro atoms. The highest BCUT2D eigenvalue weighted by Gasteiger charge is 2.49. The molecule has 2 rings (SSSR count). The van der Waals surface area contributed by atoms with Crippen molar-refractivity contribution >= 4 is 34.6 Å². The number of hydrogen-bond donors (Lipinski definition) is 0. The first-order valence-corrected chi connectivity index (χ1v) is 10.9. The molecule has 0 radical (unpaired) electrons. The van der Waals surface area contributed by atoms with Gasteiger partial charge in [0.1, 0.15) is 0 Å². The molecule has 0 amide bonds. The smallest absolute Gasteiger partial charge is 0.261 e. The lowest BCUT2D eigenvalue weighted by Crippen LogP contribution is -2.66. The quantitative estimate of drug-likeness (QED) is 0.413. The van der Waals surface area contributed by atoms with Crippen molar-refractivity contribution in [1.29, 1.82) is 0 Å². The summed E-state index contributed by atoms with van der Waals surface area (Å²) in [5, 5.41) is 3.75. The van der Waals surface area contributed by atoms with Gasteiger partial charge in [-0.25, -0.2) is 0 Å². The Morgan fingerprint density at radius 3 is 1.68 bits per heavy atom. The predicted octanol–water partition coefficient (Wildman–Crippen LogP) is 4.35. The van der Waals surface area contributed by atoms with Gasteiger partial charge in [-0.1, -0.05) is 97.4 Å². The largest absolute Gasteiger partial charge is 0.407 e. The predicted molar refractivity (Wildman–Crippen MR) is 102 cm³/mol. The van der Waals surface area contributed by atoms with E-state index in [9.17, 15) is 0 Å². The van der Waals surface area contributed by atoms with Gasteiger partial charge in [-0.2, -0.15) is 0 Å². The number of benzene rings is 2. The van der Waals surface area contributed by atoms with Crippen LogP contribution >= 0.6 is 15.9 Å². The first kappa shape index (κ1) is 17.5. The van der Waals surface area contributed by atoms with Crippen molar-refractivity contribution in [3.8, 4) is 0 Å². The molecule has 118 valence electrons. The Hall–Kier alpha value is -0.903. The SMILES string of the molecule is CC(C)(C)[Si](OCCCBr)(c1ccccc1)c1ccccc1. The lowest BCUT2D eigenvalue weighted by Gasteiger charge is -2.43. The molecule has 3 heteroatoms. The molecule has 0 N–H and O–H groups in total. The summed E-state index contributed by atoms with van der Waals surface area (Å²) in [5.41, 5.74) is 0. The lowest BCUT2D eigenvalue weighted by molar-refractivity contribution is 0.299. The second-order valence-corrected chi connectivity index (χ2v) is 11.7. The van der Waals surface area contributed by atoms with Gasteiger partial charge in [0.15, 0.2) is 0 Å². The fraction of sp³-hybridized carbons (Fsp3) is 0.368. The topological polar surface area (TPSA) is 9.23 Å². The number of halogens is 1. The van der Waals surface area contributed by atoms with E-state index in [4.69, 9.17) is 4.43 Å². The van der Waals surface area contributed by atoms with Crippen LogP contribution in [0, 0.1) is 0 Å². The molecular weight excluding hydrogens is 352 g/mol. The monoisotopic (exact) mass is 376 g/mol. The van der Waals surface area contributed by atoms with Crippen LogP contribution in [0.15, 0.2) is 60.7 Å². The number of alkyl halides is 1. The van der Waals surface area contributed by atoms with E-state index in [0.29, 0.717) is 0 Å². The average molecular weight is 377 g/mol. The fourth-order valence-electron chi connectivity index (χ4n) is 3.04. The summed E-state index contributed by atoms with van der Waals surface area (Å²) in [6.07, 6.45) is 1.03. The third-order valence-electron chi connectivity index (χ3n) is 4.01. The van der Waals surface area contributed by atoms with Crippen LogP contribution in [0.25, 0.3) is 0 Å². The van der Waals surface area contributed by atoms with Crippen LogP contribution in [0.2, 0.25) is 5.04 Å². The molecule has 0 heterocycles. The molecule has 1 nitrogen and oxygen atoms in total. The molecule has 2 aromatic carbocycles. The highest BCUT2D eigenvalue weighted by Crippen LogP contribution is 2.36. The van der Waals surface area contributed by atoms with Gasteiger partial charge < -0.3 is 4.43 Å². The van der Waals surface area contributed by atoms with Crippen LogP contribution in [0.5, 0.6) is 0 Å². The highest BCUT2D eigenvalue weighted by atomic mass is 79.9. The minimum absolute atomic E-state index is 0.0714. The Kier molecular flexibility index (Phi) is 6.01. The standard InChI is InChI=1S/C19H25BrOSi/c1-19(2,3)22(21-16-10-15-20,17-11-6-4-7-12-17)18-13-8-5-9-14-18/h4-9,11-14H,10,15-16H2,1-3H3. The summed E-state index contributed by atoms with van der Waals surface area (Å²) < 4.78 is 6.72. The molecule has 22 heavy (non-hydrogen) atoms. The molecule has 0 aliphatic heterocycles. The van der Waals surface area contributed by atoms with E-state index >= 15 is 0 Å². The maximum atomic E-state index is 6.72. The molecule has 0 atom stereocenters. The van der Waals surface area contributed by atoms with Gasteiger partial charge in [0.25, 0.3) is 8.32 Å². The molecular formula is C19H25BrOSi.